The van der Waals surface area contributed by atoms with Crippen LogP contribution in [0.5, 0.6) is 0 Å². The van der Waals surface area contributed by atoms with E-state index in [4.69, 9.17) is 4.74 Å². The van der Waals surface area contributed by atoms with Crippen LogP contribution in [0, 0.1) is 0 Å². The topological polar surface area (TPSA) is 9.23 Å². The van der Waals surface area contributed by atoms with Crippen molar-refractivity contribution in [3.05, 3.63) is 42.5 Å². The molecule has 0 atom stereocenters. The second-order valence-corrected chi connectivity index (χ2v) is 10.5. The number of ether oxygens (including phenoxy) is 1. The van der Waals surface area contributed by atoms with E-state index in [-0.39, 0.29) is 0 Å². The predicted octanol–water partition coefficient (Wildman–Crippen LogP) is 4.88. The van der Waals surface area contributed by atoms with Crippen LogP contribution in [-0.2, 0) is 4.74 Å². The van der Waals surface area contributed by atoms with Crippen molar-refractivity contribution in [2.45, 2.75) is 4.90 Å². The van der Waals surface area contributed by atoms with E-state index in [0.29, 0.717) is 0 Å². The molecule has 20 heavy (non-hydrogen) atoms. The summed E-state index contributed by atoms with van der Waals surface area (Å²) < 4.78 is 8.35. The van der Waals surface area contributed by atoms with Gasteiger partial charge < -0.3 is 4.74 Å². The zero-order chi connectivity index (χ0) is 13.6. The first-order chi connectivity index (χ1) is 9.76. The molecule has 0 radical (unpaired) electrons. The number of benzene rings is 2. The van der Waals surface area contributed by atoms with Crippen molar-refractivity contribution in [3.8, 4) is 0 Å². The average molecular weight is 302 g/mol. The summed E-state index contributed by atoms with van der Waals surface area (Å²) in [6, 6.07) is 15.9. The largest absolute Gasteiger partial charge is 0.380 e. The second-order valence-electron chi connectivity index (χ2n) is 5.55. The first-order valence-electron chi connectivity index (χ1n) is 6.99. The highest BCUT2D eigenvalue weighted by Gasteiger charge is 2.24. The Balaban J connectivity index is 1.91. The molecule has 1 fully saturated rings. The summed E-state index contributed by atoms with van der Waals surface area (Å²) in [5, 5.41) is 2.84. The third-order valence-corrected chi connectivity index (χ3v) is 8.95. The molecule has 1 nitrogen and oxygen atoms in total. The average Bonchev–Trinajstić information content (AvgIpc) is 2.86. The molecule has 0 bridgehead atoms. The fraction of sp³-hybridized carbons (Fsp3) is 0.294. The van der Waals surface area contributed by atoms with Crippen LogP contribution in [-0.4, -0.2) is 31.0 Å². The lowest BCUT2D eigenvalue weighted by molar-refractivity contribution is 0.159. The first kappa shape index (κ1) is 12.7. The van der Waals surface area contributed by atoms with Crippen LogP contribution in [0.1, 0.15) is 0 Å². The van der Waals surface area contributed by atoms with E-state index < -0.39 is 10.0 Å². The van der Waals surface area contributed by atoms with Gasteiger partial charge in [-0.15, -0.1) is 11.3 Å². The van der Waals surface area contributed by atoms with Crippen molar-refractivity contribution in [2.75, 3.05) is 31.0 Å². The Morgan fingerprint density at radius 1 is 0.950 bits per heavy atom. The first-order valence-corrected chi connectivity index (χ1v) is 10.2. The minimum absolute atomic E-state index is 0.677. The highest BCUT2D eigenvalue weighted by molar-refractivity contribution is 8.33. The fourth-order valence-corrected chi connectivity index (χ4v) is 6.47. The SMILES string of the molecule is CS1(c2ccc3sc4ccccc4c3c2)CCOCC1. The molecule has 104 valence electrons. The number of hydrogen-bond donors (Lipinski definition) is 0. The van der Waals surface area contributed by atoms with E-state index in [1.807, 2.05) is 11.3 Å². The molecule has 2 heterocycles. The van der Waals surface area contributed by atoms with Gasteiger partial charge in [-0.1, -0.05) is 18.2 Å². The smallest absolute Gasteiger partial charge is 0.0545 e. The Morgan fingerprint density at radius 2 is 1.70 bits per heavy atom. The van der Waals surface area contributed by atoms with Gasteiger partial charge in [-0.2, -0.15) is 0 Å². The Bertz CT molecular complexity index is 769. The van der Waals surface area contributed by atoms with Crippen LogP contribution in [0.15, 0.2) is 47.4 Å². The maximum Gasteiger partial charge on any atom is 0.0545 e. The van der Waals surface area contributed by atoms with Gasteiger partial charge in [0, 0.05) is 31.7 Å². The van der Waals surface area contributed by atoms with Crippen LogP contribution in [0.3, 0.4) is 0 Å². The monoisotopic (exact) mass is 302 g/mol. The summed E-state index contributed by atoms with van der Waals surface area (Å²) in [7, 11) is -0.677. The van der Waals surface area contributed by atoms with E-state index in [1.54, 1.807) is 4.90 Å². The molecule has 0 saturated carbocycles. The highest BCUT2D eigenvalue weighted by atomic mass is 32.3. The third kappa shape index (κ3) is 1.96. The predicted molar refractivity (Wildman–Crippen MR) is 91.7 cm³/mol. The van der Waals surface area contributed by atoms with Gasteiger partial charge >= 0.3 is 0 Å². The van der Waals surface area contributed by atoms with Crippen LogP contribution in [0.25, 0.3) is 20.2 Å². The molecule has 0 unspecified atom stereocenters. The third-order valence-electron chi connectivity index (χ3n) is 4.27. The van der Waals surface area contributed by atoms with Gasteiger partial charge in [0.15, 0.2) is 0 Å². The molecule has 1 aliphatic rings. The Morgan fingerprint density at radius 3 is 2.55 bits per heavy atom. The van der Waals surface area contributed by atoms with Gasteiger partial charge in [0.25, 0.3) is 0 Å². The fourth-order valence-electron chi connectivity index (χ4n) is 2.94. The molecule has 0 N–H and O–H groups in total. The van der Waals surface area contributed by atoms with E-state index in [0.717, 1.165) is 13.2 Å². The van der Waals surface area contributed by atoms with Gasteiger partial charge in [0.2, 0.25) is 0 Å². The van der Waals surface area contributed by atoms with Crippen LogP contribution in [0.2, 0.25) is 0 Å². The molecule has 1 aliphatic heterocycles. The number of fused-ring (bicyclic) bond motifs is 3. The number of hydrogen-bond acceptors (Lipinski definition) is 2. The van der Waals surface area contributed by atoms with Crippen molar-refractivity contribution >= 4 is 41.5 Å². The Kier molecular flexibility index (Phi) is 3.02. The summed E-state index contributed by atoms with van der Waals surface area (Å²) in [6.07, 6.45) is 2.46. The molecule has 3 aromatic rings. The van der Waals surface area contributed by atoms with Gasteiger partial charge in [-0.25, -0.2) is 10.0 Å². The number of thiophene rings is 1. The summed E-state index contributed by atoms with van der Waals surface area (Å²) in [5.41, 5.74) is 0. The maximum atomic E-state index is 5.55. The highest BCUT2D eigenvalue weighted by Crippen LogP contribution is 2.54. The molecular weight excluding hydrogens is 284 g/mol. The van der Waals surface area contributed by atoms with Gasteiger partial charge in [0.1, 0.15) is 0 Å². The minimum Gasteiger partial charge on any atom is -0.380 e. The van der Waals surface area contributed by atoms with Crippen LogP contribution >= 0.6 is 21.4 Å². The zero-order valence-electron chi connectivity index (χ0n) is 11.6. The van der Waals surface area contributed by atoms with Crippen molar-refractivity contribution in [3.63, 3.8) is 0 Å². The molecule has 2 aromatic carbocycles. The molecule has 3 heteroatoms. The van der Waals surface area contributed by atoms with Crippen molar-refractivity contribution in [2.24, 2.45) is 0 Å². The van der Waals surface area contributed by atoms with Crippen molar-refractivity contribution in [1.29, 1.82) is 0 Å². The zero-order valence-corrected chi connectivity index (χ0v) is 13.2. The second kappa shape index (κ2) is 4.76. The van der Waals surface area contributed by atoms with E-state index in [9.17, 15) is 0 Å². The summed E-state index contributed by atoms with van der Waals surface area (Å²) in [4.78, 5) is 1.55. The van der Waals surface area contributed by atoms with E-state index in [1.165, 1.54) is 31.7 Å². The maximum absolute atomic E-state index is 5.55. The molecule has 0 aliphatic carbocycles. The lowest BCUT2D eigenvalue weighted by Gasteiger charge is -2.39. The lowest BCUT2D eigenvalue weighted by Crippen LogP contribution is -2.22. The molecule has 0 amide bonds. The van der Waals surface area contributed by atoms with Crippen molar-refractivity contribution in [1.82, 2.24) is 0 Å². The van der Waals surface area contributed by atoms with Crippen molar-refractivity contribution < 1.29 is 4.74 Å². The Hall–Kier alpha value is -1.03. The molecule has 4 rings (SSSR count). The standard InChI is InChI=1S/C17H18OS2/c1-20(10-8-18-9-11-20)13-6-7-17-15(12-13)14-4-2-3-5-16(14)19-17/h2-7,12H,8-11H2,1H3. The molecular formula is C17H18OS2. The quantitative estimate of drug-likeness (QED) is 0.622. The van der Waals surface area contributed by atoms with Crippen LogP contribution in [0.4, 0.5) is 0 Å². The summed E-state index contributed by atoms with van der Waals surface area (Å²) in [5.74, 6) is 2.42. The molecule has 0 spiro atoms. The van der Waals surface area contributed by atoms with Gasteiger partial charge in [-0.05, 0) is 35.4 Å². The lowest BCUT2D eigenvalue weighted by atomic mass is 10.1. The van der Waals surface area contributed by atoms with E-state index in [2.05, 4.69) is 48.7 Å². The number of rotatable bonds is 1. The summed E-state index contributed by atoms with van der Waals surface area (Å²) >= 11 is 1.90. The van der Waals surface area contributed by atoms with Gasteiger partial charge in [-0.3, -0.25) is 0 Å². The van der Waals surface area contributed by atoms with Gasteiger partial charge in [0.05, 0.1) is 13.2 Å². The van der Waals surface area contributed by atoms with E-state index >= 15 is 0 Å². The minimum atomic E-state index is -0.677. The molecule has 1 aromatic heterocycles. The normalized spacial score (nSPS) is 20.2. The summed E-state index contributed by atoms with van der Waals surface area (Å²) in [6.45, 7) is 1.85. The molecule has 1 saturated heterocycles. The Labute approximate surface area is 124 Å². The van der Waals surface area contributed by atoms with Crippen LogP contribution < -0.4 is 0 Å².